The lowest BCUT2D eigenvalue weighted by Gasteiger charge is -2.07. The molecule has 0 aliphatic rings. The molecule has 4 N–H and O–H groups in total. The molecule has 0 aliphatic heterocycles. The molecular formula is C9H13NO4S. The van der Waals surface area contributed by atoms with Crippen LogP contribution < -0.4 is 6.15 Å². The summed E-state index contributed by atoms with van der Waals surface area (Å²) >= 11 is 0. The number of quaternary nitrogens is 1. The first-order valence-electron chi connectivity index (χ1n) is 3.83. The Hall–Kier alpha value is -1.21. The summed E-state index contributed by atoms with van der Waals surface area (Å²) < 4.78 is 34.5. The van der Waals surface area contributed by atoms with E-state index in [1.807, 2.05) is 0 Å². The van der Waals surface area contributed by atoms with E-state index < -0.39 is 10.4 Å². The molecule has 0 spiro atoms. The van der Waals surface area contributed by atoms with Crippen LogP contribution in [0.15, 0.2) is 30.8 Å². The van der Waals surface area contributed by atoms with E-state index in [4.69, 9.17) is 0 Å². The first-order chi connectivity index (χ1) is 6.51. The number of benzene rings is 1. The summed E-state index contributed by atoms with van der Waals surface area (Å²) in [6.07, 6.45) is 1.66. The maximum atomic E-state index is 10.1. The zero-order chi connectivity index (χ0) is 10.6. The Bertz CT molecular complexity index is 410. The summed E-state index contributed by atoms with van der Waals surface area (Å²) in [5, 5.41) is 0. The van der Waals surface area contributed by atoms with Crippen LogP contribution in [-0.4, -0.2) is 13.0 Å². The van der Waals surface area contributed by atoms with Crippen molar-refractivity contribution in [2.75, 3.05) is 0 Å². The summed E-state index contributed by atoms with van der Waals surface area (Å²) in [4.78, 5) is 0. The van der Waals surface area contributed by atoms with Crippen LogP contribution in [0.25, 0.3) is 6.08 Å². The van der Waals surface area contributed by atoms with Gasteiger partial charge in [-0.1, -0.05) is 36.9 Å². The molecule has 0 amide bonds. The number of hydrogen-bond donors (Lipinski definition) is 1. The predicted octanol–water partition coefficient (Wildman–Crippen LogP) is 1.68. The Morgan fingerprint density at radius 3 is 2.27 bits per heavy atom. The molecule has 0 atom stereocenters. The fourth-order valence-corrected chi connectivity index (χ4v) is 1.17. The lowest BCUT2D eigenvalue weighted by atomic mass is 10.1. The van der Waals surface area contributed by atoms with Crippen molar-refractivity contribution >= 4 is 16.5 Å². The third-order valence-corrected chi connectivity index (χ3v) is 1.99. The fourth-order valence-electron chi connectivity index (χ4n) is 0.890. The summed E-state index contributed by atoms with van der Waals surface area (Å²) in [6.45, 7) is 3.34. The van der Waals surface area contributed by atoms with Gasteiger partial charge in [-0.15, -0.1) is 0 Å². The first kappa shape index (κ1) is 13.8. The minimum atomic E-state index is -4.61. The van der Waals surface area contributed by atoms with Gasteiger partial charge in [-0.05, 0) is 11.1 Å². The van der Waals surface area contributed by atoms with Gasteiger partial charge in [0.05, 0.1) is 6.61 Å². The van der Waals surface area contributed by atoms with E-state index >= 15 is 0 Å². The molecule has 0 saturated heterocycles. The molecule has 0 aromatic heterocycles. The van der Waals surface area contributed by atoms with Gasteiger partial charge in [-0.25, -0.2) is 8.42 Å². The van der Waals surface area contributed by atoms with Gasteiger partial charge in [0.25, 0.3) is 0 Å². The van der Waals surface area contributed by atoms with E-state index in [1.54, 1.807) is 30.3 Å². The molecule has 1 aromatic rings. The lowest BCUT2D eigenvalue weighted by Crippen LogP contribution is -2.03. The second kappa shape index (κ2) is 5.62. The van der Waals surface area contributed by atoms with Gasteiger partial charge in [-0.2, -0.15) is 0 Å². The standard InChI is InChI=1S/C9H10O4S.H3N/c1-2-8-3-5-9(6-4-8)7-13-14(10,11)12;/h2-6H,1,7H2,(H,10,11,12);1H3. The van der Waals surface area contributed by atoms with Crippen molar-refractivity contribution in [2.45, 2.75) is 6.61 Å². The maximum absolute atomic E-state index is 10.1. The number of hydrogen-bond acceptors (Lipinski definition) is 4. The topological polar surface area (TPSA) is 103 Å². The molecule has 0 unspecified atom stereocenters. The average molecular weight is 231 g/mol. The third kappa shape index (κ3) is 5.28. The van der Waals surface area contributed by atoms with Crippen molar-refractivity contribution in [2.24, 2.45) is 0 Å². The van der Waals surface area contributed by atoms with Crippen molar-refractivity contribution < 1.29 is 17.2 Å². The Morgan fingerprint density at radius 2 is 1.87 bits per heavy atom. The van der Waals surface area contributed by atoms with E-state index in [9.17, 15) is 13.0 Å². The van der Waals surface area contributed by atoms with Gasteiger partial charge in [0.1, 0.15) is 0 Å². The molecule has 1 aromatic carbocycles. The molecular weight excluding hydrogens is 218 g/mol. The SMILES string of the molecule is C=Cc1ccc(COS(=O)(=O)[O-])cc1.[NH4+]. The van der Waals surface area contributed by atoms with Crippen LogP contribution in [0.5, 0.6) is 0 Å². The van der Waals surface area contributed by atoms with Crippen LogP contribution in [0.4, 0.5) is 0 Å². The highest BCUT2D eigenvalue weighted by molar-refractivity contribution is 7.80. The molecule has 0 saturated carbocycles. The summed E-state index contributed by atoms with van der Waals surface area (Å²) in [7, 11) is -4.61. The summed E-state index contributed by atoms with van der Waals surface area (Å²) in [5.41, 5.74) is 1.54. The molecule has 0 radical (unpaired) electrons. The van der Waals surface area contributed by atoms with E-state index in [0.29, 0.717) is 5.56 Å². The molecule has 0 fully saturated rings. The zero-order valence-corrected chi connectivity index (χ0v) is 9.16. The number of rotatable bonds is 4. The quantitative estimate of drug-likeness (QED) is 0.628. The van der Waals surface area contributed by atoms with Crippen molar-refractivity contribution in [3.63, 3.8) is 0 Å². The van der Waals surface area contributed by atoms with Crippen LogP contribution >= 0.6 is 0 Å². The minimum absolute atomic E-state index is 0. The molecule has 0 heterocycles. The smallest absolute Gasteiger partial charge is 0.217 e. The van der Waals surface area contributed by atoms with Gasteiger partial charge in [0.2, 0.25) is 10.4 Å². The van der Waals surface area contributed by atoms with Crippen molar-refractivity contribution in [3.05, 3.63) is 42.0 Å². The van der Waals surface area contributed by atoms with E-state index in [2.05, 4.69) is 10.8 Å². The summed E-state index contributed by atoms with van der Waals surface area (Å²) in [5.74, 6) is 0. The highest BCUT2D eigenvalue weighted by atomic mass is 32.3. The summed E-state index contributed by atoms with van der Waals surface area (Å²) in [6, 6.07) is 6.84. The van der Waals surface area contributed by atoms with E-state index in [-0.39, 0.29) is 12.8 Å². The fraction of sp³-hybridized carbons (Fsp3) is 0.111. The van der Waals surface area contributed by atoms with Crippen molar-refractivity contribution in [1.29, 1.82) is 0 Å². The highest BCUT2D eigenvalue weighted by Crippen LogP contribution is 2.07. The van der Waals surface area contributed by atoms with Gasteiger partial charge < -0.3 is 10.7 Å². The van der Waals surface area contributed by atoms with Crippen LogP contribution in [-0.2, 0) is 21.2 Å². The van der Waals surface area contributed by atoms with Crippen molar-refractivity contribution in [1.82, 2.24) is 6.15 Å². The monoisotopic (exact) mass is 231 g/mol. The lowest BCUT2D eigenvalue weighted by molar-refractivity contribution is 0.253. The minimum Gasteiger partial charge on any atom is -0.726 e. The van der Waals surface area contributed by atoms with Crippen LogP contribution in [0.1, 0.15) is 11.1 Å². The molecule has 1 rings (SSSR count). The van der Waals surface area contributed by atoms with Gasteiger partial charge in [0, 0.05) is 0 Å². The Balaban J connectivity index is 0.00000196. The van der Waals surface area contributed by atoms with Gasteiger partial charge in [-0.3, -0.25) is 4.18 Å². The van der Waals surface area contributed by atoms with E-state index in [0.717, 1.165) is 5.56 Å². The van der Waals surface area contributed by atoms with Crippen LogP contribution in [0.2, 0.25) is 0 Å². The largest absolute Gasteiger partial charge is 0.726 e. The Labute approximate surface area is 88.9 Å². The van der Waals surface area contributed by atoms with Crippen LogP contribution in [0, 0.1) is 0 Å². The van der Waals surface area contributed by atoms with Crippen molar-refractivity contribution in [3.8, 4) is 0 Å². The highest BCUT2D eigenvalue weighted by Gasteiger charge is 1.97. The molecule has 0 bridgehead atoms. The van der Waals surface area contributed by atoms with E-state index in [1.165, 1.54) is 0 Å². The zero-order valence-electron chi connectivity index (χ0n) is 8.34. The molecule has 6 heteroatoms. The molecule has 0 aliphatic carbocycles. The molecule has 5 nitrogen and oxygen atoms in total. The molecule has 84 valence electrons. The molecule has 15 heavy (non-hydrogen) atoms. The van der Waals surface area contributed by atoms with Gasteiger partial charge >= 0.3 is 0 Å². The predicted molar refractivity (Wildman–Crippen MR) is 57.0 cm³/mol. The van der Waals surface area contributed by atoms with Gasteiger partial charge in [0.15, 0.2) is 0 Å². The maximum Gasteiger partial charge on any atom is 0.217 e. The Morgan fingerprint density at radius 1 is 1.33 bits per heavy atom. The Kier molecular flexibility index (Phi) is 5.16. The first-order valence-corrected chi connectivity index (χ1v) is 5.16. The average Bonchev–Trinajstić information content (AvgIpc) is 2.14. The second-order valence-electron chi connectivity index (χ2n) is 2.62. The van der Waals surface area contributed by atoms with Crippen LogP contribution in [0.3, 0.4) is 0 Å². The normalized spacial score (nSPS) is 10.5. The second-order valence-corrected chi connectivity index (χ2v) is 3.67. The third-order valence-electron chi connectivity index (χ3n) is 1.59.